The molecule has 1 aliphatic heterocycles. The highest BCUT2D eigenvalue weighted by atomic mass is 32.2. The molecule has 0 atom stereocenters. The van der Waals surface area contributed by atoms with Crippen LogP contribution in [0, 0.1) is 10.1 Å². The zero-order valence-corrected chi connectivity index (χ0v) is 16.2. The number of carbonyl (C=O) groups excluding carboxylic acids is 1. The number of fused-ring (bicyclic) bond motifs is 1. The molecule has 0 aliphatic carbocycles. The van der Waals surface area contributed by atoms with Gasteiger partial charge in [0.1, 0.15) is 6.54 Å². The molecule has 1 aliphatic rings. The molecular formula is C21H21N3O3S. The summed E-state index contributed by atoms with van der Waals surface area (Å²) in [6, 6.07) is 14.8. The number of hydrogen-bond acceptors (Lipinski definition) is 4. The lowest BCUT2D eigenvalue weighted by Gasteiger charge is -2.15. The van der Waals surface area contributed by atoms with Crippen LogP contribution >= 0.6 is 11.8 Å². The summed E-state index contributed by atoms with van der Waals surface area (Å²) in [5, 5.41) is 12.1. The summed E-state index contributed by atoms with van der Waals surface area (Å²) in [5.41, 5.74) is 2.05. The van der Waals surface area contributed by atoms with E-state index in [-0.39, 0.29) is 16.5 Å². The fourth-order valence-corrected chi connectivity index (χ4v) is 4.62. The van der Waals surface area contributed by atoms with Gasteiger partial charge in [0.25, 0.3) is 5.69 Å². The fourth-order valence-electron chi connectivity index (χ4n) is 3.59. The first-order chi connectivity index (χ1) is 13.6. The summed E-state index contributed by atoms with van der Waals surface area (Å²) in [4.78, 5) is 26.2. The quantitative estimate of drug-likeness (QED) is 0.351. The van der Waals surface area contributed by atoms with Crippen LogP contribution in [0.25, 0.3) is 10.9 Å². The van der Waals surface area contributed by atoms with Gasteiger partial charge in [-0.25, -0.2) is 0 Å². The molecule has 0 saturated carbocycles. The molecule has 2 aromatic carbocycles. The van der Waals surface area contributed by atoms with E-state index >= 15 is 0 Å². The summed E-state index contributed by atoms with van der Waals surface area (Å²) >= 11 is 1.64. The Morgan fingerprint density at radius 3 is 2.68 bits per heavy atom. The predicted octanol–water partition coefficient (Wildman–Crippen LogP) is 4.46. The lowest BCUT2D eigenvalue weighted by Crippen LogP contribution is -2.30. The van der Waals surface area contributed by atoms with Crippen LogP contribution in [-0.4, -0.2) is 33.4 Å². The highest BCUT2D eigenvalue weighted by molar-refractivity contribution is 7.98. The maximum absolute atomic E-state index is 12.6. The van der Waals surface area contributed by atoms with E-state index in [1.54, 1.807) is 23.9 Å². The Balaban J connectivity index is 1.55. The number of benzene rings is 2. The van der Waals surface area contributed by atoms with Crippen molar-refractivity contribution in [2.45, 2.75) is 30.0 Å². The molecular weight excluding hydrogens is 374 g/mol. The average molecular weight is 395 g/mol. The lowest BCUT2D eigenvalue weighted by atomic mass is 10.2. The van der Waals surface area contributed by atoms with Crippen molar-refractivity contribution in [1.29, 1.82) is 0 Å². The molecule has 2 heterocycles. The zero-order chi connectivity index (χ0) is 19.5. The molecule has 4 rings (SSSR count). The third kappa shape index (κ3) is 3.89. The van der Waals surface area contributed by atoms with E-state index in [1.165, 1.54) is 6.07 Å². The molecule has 144 valence electrons. The number of thioether (sulfide) groups is 1. The summed E-state index contributed by atoms with van der Waals surface area (Å²) in [6.45, 7) is 2.05. The second-order valence-electron chi connectivity index (χ2n) is 6.94. The van der Waals surface area contributed by atoms with Gasteiger partial charge >= 0.3 is 0 Å². The fraction of sp³-hybridized carbons (Fsp3) is 0.286. The van der Waals surface area contributed by atoms with Crippen LogP contribution in [0.3, 0.4) is 0 Å². The van der Waals surface area contributed by atoms with E-state index in [1.807, 2.05) is 39.9 Å². The minimum atomic E-state index is -0.371. The van der Waals surface area contributed by atoms with E-state index in [0.29, 0.717) is 12.3 Å². The van der Waals surface area contributed by atoms with Gasteiger partial charge in [-0.1, -0.05) is 30.3 Å². The monoisotopic (exact) mass is 395 g/mol. The van der Waals surface area contributed by atoms with Gasteiger partial charge in [-0.2, -0.15) is 0 Å². The summed E-state index contributed by atoms with van der Waals surface area (Å²) < 4.78 is 2.02. The van der Waals surface area contributed by atoms with Crippen LogP contribution in [0.15, 0.2) is 59.6 Å². The second-order valence-corrected chi connectivity index (χ2v) is 7.96. The summed E-state index contributed by atoms with van der Waals surface area (Å²) in [7, 11) is 0. The number of nitro benzene ring substituents is 1. The lowest BCUT2D eigenvalue weighted by molar-refractivity contribution is -0.384. The first-order valence-electron chi connectivity index (χ1n) is 9.33. The smallest absolute Gasteiger partial charge is 0.269 e. The number of nitrogens with zero attached hydrogens (tertiary/aromatic N) is 3. The molecule has 28 heavy (non-hydrogen) atoms. The van der Waals surface area contributed by atoms with Crippen LogP contribution in [0.2, 0.25) is 0 Å². The standard InChI is InChI=1S/C21H21N3O3S/c25-21(22-10-3-4-11-22)14-23-13-20(18-8-1-2-9-19(18)23)28-15-16-6-5-7-17(12-16)24(26)27/h1-2,5-9,12-13H,3-4,10-11,14-15H2. The van der Waals surface area contributed by atoms with Crippen molar-refractivity contribution in [3.8, 4) is 0 Å². The van der Waals surface area contributed by atoms with Crippen molar-refractivity contribution < 1.29 is 9.72 Å². The van der Waals surface area contributed by atoms with E-state index in [0.717, 1.165) is 47.3 Å². The van der Waals surface area contributed by atoms with Crippen molar-refractivity contribution in [3.63, 3.8) is 0 Å². The Morgan fingerprint density at radius 2 is 1.89 bits per heavy atom. The van der Waals surface area contributed by atoms with Gasteiger partial charge in [0.2, 0.25) is 5.91 Å². The SMILES string of the molecule is O=C(Cn1cc(SCc2cccc([N+](=O)[O-])c2)c2ccccc21)N1CCCC1. The van der Waals surface area contributed by atoms with E-state index in [2.05, 4.69) is 6.07 Å². The van der Waals surface area contributed by atoms with Crippen LogP contribution < -0.4 is 0 Å². The molecule has 0 bridgehead atoms. The molecule has 0 N–H and O–H groups in total. The summed E-state index contributed by atoms with van der Waals surface area (Å²) in [6.07, 6.45) is 4.20. The van der Waals surface area contributed by atoms with Gasteiger partial charge in [-0.15, -0.1) is 11.8 Å². The van der Waals surface area contributed by atoms with Crippen LogP contribution in [0.5, 0.6) is 0 Å². The van der Waals surface area contributed by atoms with Crippen molar-refractivity contribution in [3.05, 3.63) is 70.4 Å². The average Bonchev–Trinajstić information content (AvgIpc) is 3.36. The number of non-ortho nitro benzene ring substituents is 1. The van der Waals surface area contributed by atoms with Crippen molar-refractivity contribution in [1.82, 2.24) is 9.47 Å². The maximum atomic E-state index is 12.6. The first-order valence-corrected chi connectivity index (χ1v) is 10.3. The molecule has 1 aromatic heterocycles. The largest absolute Gasteiger partial charge is 0.341 e. The third-order valence-corrected chi connectivity index (χ3v) is 6.15. The molecule has 0 unspecified atom stereocenters. The molecule has 6 nitrogen and oxygen atoms in total. The van der Waals surface area contributed by atoms with Gasteiger partial charge in [0.15, 0.2) is 0 Å². The minimum Gasteiger partial charge on any atom is -0.341 e. The topological polar surface area (TPSA) is 68.4 Å². The van der Waals surface area contributed by atoms with Gasteiger partial charge < -0.3 is 9.47 Å². The van der Waals surface area contributed by atoms with Gasteiger partial charge in [-0.05, 0) is 24.5 Å². The second kappa shape index (κ2) is 8.06. The molecule has 7 heteroatoms. The Bertz CT molecular complexity index is 1020. The number of aromatic nitrogens is 1. The maximum Gasteiger partial charge on any atom is 0.269 e. The van der Waals surface area contributed by atoms with E-state index in [9.17, 15) is 14.9 Å². The van der Waals surface area contributed by atoms with Crippen LogP contribution in [0.4, 0.5) is 5.69 Å². The van der Waals surface area contributed by atoms with Gasteiger partial charge in [0, 0.05) is 53.0 Å². The highest BCUT2D eigenvalue weighted by Gasteiger charge is 2.19. The molecule has 1 fully saturated rings. The minimum absolute atomic E-state index is 0.108. The number of hydrogen-bond donors (Lipinski definition) is 0. The Hall–Kier alpha value is -2.80. The van der Waals surface area contributed by atoms with Crippen molar-refractivity contribution >= 4 is 34.3 Å². The number of rotatable bonds is 6. The van der Waals surface area contributed by atoms with Crippen molar-refractivity contribution in [2.75, 3.05) is 13.1 Å². The Kier molecular flexibility index (Phi) is 5.34. The molecule has 1 amide bonds. The van der Waals surface area contributed by atoms with Gasteiger partial charge in [0.05, 0.1) is 4.92 Å². The van der Waals surface area contributed by atoms with Crippen molar-refractivity contribution in [2.24, 2.45) is 0 Å². The number of amides is 1. The van der Waals surface area contributed by atoms with E-state index < -0.39 is 0 Å². The molecule has 0 spiro atoms. The third-order valence-electron chi connectivity index (χ3n) is 5.03. The number of likely N-dealkylation sites (tertiary alicyclic amines) is 1. The first kappa shape index (κ1) is 18.6. The molecule has 3 aromatic rings. The predicted molar refractivity (Wildman–Crippen MR) is 110 cm³/mol. The molecule has 0 radical (unpaired) electrons. The normalized spacial score (nSPS) is 13.9. The highest BCUT2D eigenvalue weighted by Crippen LogP contribution is 2.32. The van der Waals surface area contributed by atoms with Gasteiger partial charge in [-0.3, -0.25) is 14.9 Å². The zero-order valence-electron chi connectivity index (χ0n) is 15.4. The summed E-state index contributed by atoms with van der Waals surface area (Å²) in [5.74, 6) is 0.795. The molecule has 1 saturated heterocycles. The number of nitro groups is 1. The van der Waals surface area contributed by atoms with Crippen LogP contribution in [0.1, 0.15) is 18.4 Å². The van der Waals surface area contributed by atoms with E-state index in [4.69, 9.17) is 0 Å². The Labute approximate surface area is 167 Å². The number of carbonyl (C=O) groups is 1. The number of para-hydroxylation sites is 1. The van der Waals surface area contributed by atoms with Crippen LogP contribution in [-0.2, 0) is 17.1 Å². The Morgan fingerprint density at radius 1 is 1.11 bits per heavy atom.